The maximum absolute atomic E-state index is 12.0. The van der Waals surface area contributed by atoms with Gasteiger partial charge in [0.25, 0.3) is 0 Å². The Labute approximate surface area is 139 Å². The Morgan fingerprint density at radius 3 is 2.48 bits per heavy atom. The van der Waals surface area contributed by atoms with Crippen LogP contribution in [0.25, 0.3) is 0 Å². The van der Waals surface area contributed by atoms with Crippen LogP contribution in [0.5, 0.6) is 11.5 Å². The fourth-order valence-corrected chi connectivity index (χ4v) is 2.36. The first-order chi connectivity index (χ1) is 11.2. The number of amides is 1. The molecule has 5 nitrogen and oxygen atoms in total. The quantitative estimate of drug-likeness (QED) is 0.879. The molecule has 0 saturated heterocycles. The lowest BCUT2D eigenvalue weighted by molar-refractivity contribution is -0.115. The fourth-order valence-electron chi connectivity index (χ4n) is 2.23. The SMILES string of the molecule is O=C(CCNc1ccc(Cl)cc1)Nc1ccc2c(c1)OCCO2. The molecule has 0 aromatic heterocycles. The number of anilines is 2. The number of carbonyl (C=O) groups is 1. The number of rotatable bonds is 5. The topological polar surface area (TPSA) is 59.6 Å². The third-order valence-corrected chi connectivity index (χ3v) is 3.60. The molecular weight excluding hydrogens is 316 g/mol. The zero-order chi connectivity index (χ0) is 16.1. The first-order valence-electron chi connectivity index (χ1n) is 7.40. The van der Waals surface area contributed by atoms with Gasteiger partial charge in [0, 0.05) is 35.4 Å². The fraction of sp³-hybridized carbons (Fsp3) is 0.235. The van der Waals surface area contributed by atoms with Gasteiger partial charge in [-0.15, -0.1) is 0 Å². The molecule has 1 aliphatic heterocycles. The van der Waals surface area contributed by atoms with Crippen LogP contribution in [0.15, 0.2) is 42.5 Å². The largest absolute Gasteiger partial charge is 0.486 e. The third kappa shape index (κ3) is 4.29. The van der Waals surface area contributed by atoms with Crippen molar-refractivity contribution in [2.45, 2.75) is 6.42 Å². The van der Waals surface area contributed by atoms with Crippen LogP contribution < -0.4 is 20.1 Å². The van der Waals surface area contributed by atoms with E-state index in [1.807, 2.05) is 12.1 Å². The molecule has 1 aliphatic rings. The summed E-state index contributed by atoms with van der Waals surface area (Å²) in [6, 6.07) is 12.7. The molecule has 0 radical (unpaired) electrons. The molecule has 0 bridgehead atoms. The van der Waals surface area contributed by atoms with Crippen LogP contribution >= 0.6 is 11.6 Å². The van der Waals surface area contributed by atoms with Gasteiger partial charge in [0.2, 0.25) is 5.91 Å². The highest BCUT2D eigenvalue weighted by Gasteiger charge is 2.12. The average molecular weight is 333 g/mol. The highest BCUT2D eigenvalue weighted by molar-refractivity contribution is 6.30. The lowest BCUT2D eigenvalue weighted by atomic mass is 10.2. The van der Waals surface area contributed by atoms with E-state index >= 15 is 0 Å². The Balaban J connectivity index is 1.48. The predicted octanol–water partition coefficient (Wildman–Crippen LogP) is 3.55. The summed E-state index contributed by atoms with van der Waals surface area (Å²) in [4.78, 5) is 12.0. The van der Waals surface area contributed by atoms with Crippen molar-refractivity contribution in [2.24, 2.45) is 0 Å². The van der Waals surface area contributed by atoms with Crippen LogP contribution in [-0.2, 0) is 4.79 Å². The van der Waals surface area contributed by atoms with Gasteiger partial charge < -0.3 is 20.1 Å². The van der Waals surface area contributed by atoms with E-state index in [1.54, 1.807) is 30.3 Å². The maximum atomic E-state index is 12.0. The molecule has 0 fully saturated rings. The number of benzene rings is 2. The summed E-state index contributed by atoms with van der Waals surface area (Å²) in [5.41, 5.74) is 1.63. The monoisotopic (exact) mass is 332 g/mol. The Kier molecular flexibility index (Phi) is 4.88. The molecule has 6 heteroatoms. The highest BCUT2D eigenvalue weighted by atomic mass is 35.5. The van der Waals surface area contributed by atoms with E-state index in [1.165, 1.54) is 0 Å². The summed E-state index contributed by atoms with van der Waals surface area (Å²) in [6.45, 7) is 1.61. The zero-order valence-electron chi connectivity index (χ0n) is 12.5. The number of hydrogen-bond acceptors (Lipinski definition) is 4. The first kappa shape index (κ1) is 15.5. The summed E-state index contributed by atoms with van der Waals surface area (Å²) in [5.74, 6) is 1.30. The molecule has 0 spiro atoms. The number of ether oxygens (including phenoxy) is 2. The molecule has 0 atom stereocenters. The van der Waals surface area contributed by atoms with Gasteiger partial charge in [-0.3, -0.25) is 4.79 Å². The predicted molar refractivity (Wildman–Crippen MR) is 90.6 cm³/mol. The standard InChI is InChI=1S/C17H17ClN2O3/c18-12-1-3-13(4-2-12)19-8-7-17(21)20-14-5-6-15-16(11-14)23-10-9-22-15/h1-6,11,19H,7-10H2,(H,20,21). The van der Waals surface area contributed by atoms with E-state index in [0.717, 1.165) is 5.69 Å². The molecule has 0 saturated carbocycles. The van der Waals surface area contributed by atoms with Gasteiger partial charge in [-0.2, -0.15) is 0 Å². The van der Waals surface area contributed by atoms with E-state index < -0.39 is 0 Å². The van der Waals surface area contributed by atoms with Gasteiger partial charge in [-0.05, 0) is 36.4 Å². The third-order valence-electron chi connectivity index (χ3n) is 3.35. The van der Waals surface area contributed by atoms with Crippen molar-refractivity contribution in [2.75, 3.05) is 30.4 Å². The smallest absolute Gasteiger partial charge is 0.226 e. The Morgan fingerprint density at radius 1 is 1.00 bits per heavy atom. The van der Waals surface area contributed by atoms with Gasteiger partial charge in [0.05, 0.1) is 0 Å². The van der Waals surface area contributed by atoms with Crippen molar-refractivity contribution in [3.8, 4) is 11.5 Å². The van der Waals surface area contributed by atoms with E-state index in [2.05, 4.69) is 10.6 Å². The Bertz CT molecular complexity index is 689. The molecule has 3 rings (SSSR count). The molecule has 120 valence electrons. The summed E-state index contributed by atoms with van der Waals surface area (Å²) in [6.07, 6.45) is 0.358. The second-order valence-corrected chi connectivity index (χ2v) is 5.53. The van der Waals surface area contributed by atoms with E-state index in [4.69, 9.17) is 21.1 Å². The van der Waals surface area contributed by atoms with Gasteiger partial charge in [0.1, 0.15) is 13.2 Å². The van der Waals surface area contributed by atoms with Gasteiger partial charge in [-0.1, -0.05) is 11.6 Å². The summed E-state index contributed by atoms with van der Waals surface area (Å²) in [5, 5.41) is 6.71. The number of fused-ring (bicyclic) bond motifs is 1. The van der Waals surface area contributed by atoms with Crippen molar-refractivity contribution in [3.05, 3.63) is 47.5 Å². The van der Waals surface area contributed by atoms with E-state index in [9.17, 15) is 4.79 Å². The van der Waals surface area contributed by atoms with Crippen LogP contribution in [0.1, 0.15) is 6.42 Å². The van der Waals surface area contributed by atoms with Crippen LogP contribution in [0.4, 0.5) is 11.4 Å². The maximum Gasteiger partial charge on any atom is 0.226 e. The van der Waals surface area contributed by atoms with E-state index in [0.29, 0.717) is 48.4 Å². The van der Waals surface area contributed by atoms with Gasteiger partial charge in [-0.25, -0.2) is 0 Å². The van der Waals surface area contributed by atoms with Crippen molar-refractivity contribution in [1.29, 1.82) is 0 Å². The molecule has 0 unspecified atom stereocenters. The minimum Gasteiger partial charge on any atom is -0.486 e. The normalized spacial score (nSPS) is 12.6. The Morgan fingerprint density at radius 2 is 1.70 bits per heavy atom. The number of halogens is 1. The number of hydrogen-bond donors (Lipinski definition) is 2. The van der Waals surface area contributed by atoms with Crippen LogP contribution in [0, 0.1) is 0 Å². The van der Waals surface area contributed by atoms with Crippen molar-refractivity contribution < 1.29 is 14.3 Å². The van der Waals surface area contributed by atoms with Crippen molar-refractivity contribution in [3.63, 3.8) is 0 Å². The molecule has 2 N–H and O–H groups in total. The molecular formula is C17H17ClN2O3. The minimum atomic E-state index is -0.0665. The highest BCUT2D eigenvalue weighted by Crippen LogP contribution is 2.32. The lowest BCUT2D eigenvalue weighted by Crippen LogP contribution is -2.18. The molecule has 2 aromatic rings. The molecule has 1 heterocycles. The summed E-state index contributed by atoms with van der Waals surface area (Å²) in [7, 11) is 0. The van der Waals surface area contributed by atoms with Gasteiger partial charge >= 0.3 is 0 Å². The lowest BCUT2D eigenvalue weighted by Gasteiger charge is -2.19. The zero-order valence-corrected chi connectivity index (χ0v) is 13.2. The second kappa shape index (κ2) is 7.24. The molecule has 1 amide bonds. The van der Waals surface area contributed by atoms with Gasteiger partial charge in [0.15, 0.2) is 11.5 Å². The molecule has 0 aliphatic carbocycles. The first-order valence-corrected chi connectivity index (χ1v) is 7.77. The van der Waals surface area contributed by atoms with Crippen LogP contribution in [0.2, 0.25) is 5.02 Å². The summed E-state index contributed by atoms with van der Waals surface area (Å²) >= 11 is 5.83. The number of nitrogens with one attached hydrogen (secondary N) is 2. The molecule has 23 heavy (non-hydrogen) atoms. The number of carbonyl (C=O) groups excluding carboxylic acids is 1. The minimum absolute atomic E-state index is 0.0665. The summed E-state index contributed by atoms with van der Waals surface area (Å²) < 4.78 is 10.9. The van der Waals surface area contributed by atoms with Crippen molar-refractivity contribution >= 4 is 28.9 Å². The molecule has 2 aromatic carbocycles. The van der Waals surface area contributed by atoms with Crippen molar-refractivity contribution in [1.82, 2.24) is 0 Å². The van der Waals surface area contributed by atoms with Crippen LogP contribution in [-0.4, -0.2) is 25.7 Å². The second-order valence-electron chi connectivity index (χ2n) is 5.09. The van der Waals surface area contributed by atoms with E-state index in [-0.39, 0.29) is 5.91 Å². The average Bonchev–Trinajstić information content (AvgIpc) is 2.56. The Hall–Kier alpha value is -2.40. The van der Waals surface area contributed by atoms with Crippen LogP contribution in [0.3, 0.4) is 0 Å².